The van der Waals surface area contributed by atoms with Crippen LogP contribution in [-0.4, -0.2) is 23.7 Å². The topological polar surface area (TPSA) is 35.0 Å². The van der Waals surface area contributed by atoms with Gasteiger partial charge in [0.05, 0.1) is 6.61 Å². The van der Waals surface area contributed by atoms with E-state index in [-0.39, 0.29) is 0 Å². The second-order valence-electron chi connectivity index (χ2n) is 2.81. The third-order valence-electron chi connectivity index (χ3n) is 1.85. The summed E-state index contributed by atoms with van der Waals surface area (Å²) in [5.74, 6) is 0.742. The molecule has 0 aromatic carbocycles. The highest BCUT2D eigenvalue weighted by Crippen LogP contribution is 2.24. The quantitative estimate of drug-likeness (QED) is 0.758. The maximum Gasteiger partial charge on any atom is 0.141 e. The number of nitrogens with zero attached hydrogens (tertiary/aromatic N) is 2. The molecule has 0 amide bonds. The van der Waals surface area contributed by atoms with E-state index in [1.165, 1.54) is 0 Å². The first-order valence-corrected chi connectivity index (χ1v) is 5.45. The number of hydrogen-bond donors (Lipinski definition) is 0. The van der Waals surface area contributed by atoms with Crippen molar-refractivity contribution < 1.29 is 4.74 Å². The minimum Gasteiger partial charge on any atom is -0.384 e. The minimum absolute atomic E-state index is 0.530. The third-order valence-corrected chi connectivity index (χ3v) is 2.95. The number of thiophene rings is 1. The van der Waals surface area contributed by atoms with E-state index in [1.54, 1.807) is 18.4 Å². The molecule has 2 rings (SSSR count). The van der Waals surface area contributed by atoms with Crippen LogP contribution in [0.4, 0.5) is 0 Å². The Morgan fingerprint density at radius 3 is 3.14 bits per heavy atom. The molecule has 0 aliphatic heterocycles. The molecule has 2 heterocycles. The maximum atomic E-state index is 6.00. The lowest BCUT2D eigenvalue weighted by atomic mass is 10.4. The molecule has 0 bridgehead atoms. The van der Waals surface area contributed by atoms with E-state index in [4.69, 9.17) is 16.3 Å². The molecule has 74 valence electrons. The van der Waals surface area contributed by atoms with Crippen molar-refractivity contribution in [1.82, 2.24) is 9.97 Å². The zero-order valence-corrected chi connectivity index (χ0v) is 9.23. The smallest absolute Gasteiger partial charge is 0.141 e. The van der Waals surface area contributed by atoms with Gasteiger partial charge in [0.25, 0.3) is 0 Å². The summed E-state index contributed by atoms with van der Waals surface area (Å²) in [6, 6.07) is 1.93. The van der Waals surface area contributed by atoms with Gasteiger partial charge >= 0.3 is 0 Å². The number of fused-ring (bicyclic) bond motifs is 1. The van der Waals surface area contributed by atoms with Crippen LogP contribution in [0.2, 0.25) is 5.15 Å². The molecule has 0 radical (unpaired) electrons. The second kappa shape index (κ2) is 4.21. The van der Waals surface area contributed by atoms with Crippen molar-refractivity contribution in [3.05, 3.63) is 22.4 Å². The van der Waals surface area contributed by atoms with Crippen molar-refractivity contribution >= 4 is 33.2 Å². The fourth-order valence-corrected chi connectivity index (χ4v) is 2.25. The Morgan fingerprint density at radius 1 is 1.50 bits per heavy atom. The summed E-state index contributed by atoms with van der Waals surface area (Å²) in [7, 11) is 1.66. The molecule has 2 aromatic rings. The first kappa shape index (κ1) is 9.83. The van der Waals surface area contributed by atoms with Crippen molar-refractivity contribution in [3.63, 3.8) is 0 Å². The lowest BCUT2D eigenvalue weighted by molar-refractivity contribution is 0.200. The van der Waals surface area contributed by atoms with Crippen LogP contribution < -0.4 is 0 Å². The van der Waals surface area contributed by atoms with Gasteiger partial charge in [0.2, 0.25) is 0 Å². The zero-order chi connectivity index (χ0) is 9.97. The fourth-order valence-electron chi connectivity index (χ4n) is 1.17. The van der Waals surface area contributed by atoms with Crippen LogP contribution in [0.25, 0.3) is 10.2 Å². The highest BCUT2D eigenvalue weighted by atomic mass is 35.5. The largest absolute Gasteiger partial charge is 0.384 e. The van der Waals surface area contributed by atoms with Crippen LogP contribution in [0.1, 0.15) is 5.82 Å². The van der Waals surface area contributed by atoms with E-state index in [0.717, 1.165) is 16.0 Å². The van der Waals surface area contributed by atoms with E-state index in [1.807, 2.05) is 11.4 Å². The van der Waals surface area contributed by atoms with Crippen LogP contribution in [0, 0.1) is 0 Å². The molecule has 14 heavy (non-hydrogen) atoms. The number of halogens is 1. The predicted octanol–water partition coefficient (Wildman–Crippen LogP) is 2.53. The van der Waals surface area contributed by atoms with Gasteiger partial charge in [-0.25, -0.2) is 9.97 Å². The van der Waals surface area contributed by atoms with Crippen LogP contribution >= 0.6 is 22.9 Å². The fraction of sp³-hybridized carbons (Fsp3) is 0.333. The Kier molecular flexibility index (Phi) is 2.96. The van der Waals surface area contributed by atoms with Crippen molar-refractivity contribution in [2.45, 2.75) is 6.42 Å². The molecule has 0 N–H and O–H groups in total. The van der Waals surface area contributed by atoms with Gasteiger partial charge in [0.15, 0.2) is 0 Å². The average Bonchev–Trinajstić information content (AvgIpc) is 2.63. The molecule has 0 atom stereocenters. The summed E-state index contributed by atoms with van der Waals surface area (Å²) in [6.45, 7) is 0.618. The summed E-state index contributed by atoms with van der Waals surface area (Å²) >= 11 is 7.57. The first-order chi connectivity index (χ1) is 6.81. The van der Waals surface area contributed by atoms with Gasteiger partial charge in [-0.3, -0.25) is 0 Å². The van der Waals surface area contributed by atoms with E-state index in [0.29, 0.717) is 18.2 Å². The number of aromatic nitrogens is 2. The Hall–Kier alpha value is -0.710. The van der Waals surface area contributed by atoms with E-state index >= 15 is 0 Å². The van der Waals surface area contributed by atoms with Gasteiger partial charge in [-0.05, 0) is 11.4 Å². The van der Waals surface area contributed by atoms with E-state index < -0.39 is 0 Å². The van der Waals surface area contributed by atoms with Gasteiger partial charge in [-0.2, -0.15) is 0 Å². The molecular weight excluding hydrogens is 220 g/mol. The van der Waals surface area contributed by atoms with Crippen LogP contribution in [-0.2, 0) is 11.2 Å². The van der Waals surface area contributed by atoms with Gasteiger partial charge in [0, 0.05) is 18.9 Å². The molecule has 0 saturated heterocycles. The van der Waals surface area contributed by atoms with Crippen LogP contribution in [0.5, 0.6) is 0 Å². The van der Waals surface area contributed by atoms with Crippen molar-refractivity contribution in [2.75, 3.05) is 13.7 Å². The summed E-state index contributed by atoms with van der Waals surface area (Å²) in [4.78, 5) is 9.51. The molecular formula is C9H9ClN2OS. The number of ether oxygens (including phenoxy) is 1. The normalized spacial score (nSPS) is 11.0. The minimum atomic E-state index is 0.530. The van der Waals surface area contributed by atoms with E-state index in [2.05, 4.69) is 9.97 Å². The molecule has 0 aliphatic carbocycles. The molecule has 0 aliphatic rings. The monoisotopic (exact) mass is 228 g/mol. The number of rotatable bonds is 3. The Balaban J connectivity index is 2.38. The molecule has 3 nitrogen and oxygen atoms in total. The van der Waals surface area contributed by atoms with Crippen LogP contribution in [0.3, 0.4) is 0 Å². The molecule has 0 unspecified atom stereocenters. The van der Waals surface area contributed by atoms with Gasteiger partial charge in [-0.15, -0.1) is 11.3 Å². The van der Waals surface area contributed by atoms with Crippen LogP contribution in [0.15, 0.2) is 11.4 Å². The molecule has 5 heteroatoms. The summed E-state index contributed by atoms with van der Waals surface area (Å²) in [6.07, 6.45) is 0.698. The molecule has 0 saturated carbocycles. The van der Waals surface area contributed by atoms with Gasteiger partial charge in [0.1, 0.15) is 15.8 Å². The highest BCUT2D eigenvalue weighted by molar-refractivity contribution is 7.16. The van der Waals surface area contributed by atoms with Crippen molar-refractivity contribution in [1.29, 1.82) is 0 Å². The van der Waals surface area contributed by atoms with Crippen molar-refractivity contribution in [3.8, 4) is 0 Å². The number of hydrogen-bond acceptors (Lipinski definition) is 4. The standard InChI is InChI=1S/C9H9ClN2OS/c1-13-4-2-7-11-8(10)6-3-5-14-9(6)12-7/h3,5H,2,4H2,1H3. The van der Waals surface area contributed by atoms with E-state index in [9.17, 15) is 0 Å². The Morgan fingerprint density at radius 2 is 2.36 bits per heavy atom. The Bertz CT molecular complexity index is 443. The molecule has 0 spiro atoms. The predicted molar refractivity (Wildman–Crippen MR) is 58.0 cm³/mol. The molecule has 2 aromatic heterocycles. The average molecular weight is 229 g/mol. The lowest BCUT2D eigenvalue weighted by Gasteiger charge is -2.00. The third kappa shape index (κ3) is 1.87. The summed E-state index contributed by atoms with van der Waals surface area (Å²) in [5.41, 5.74) is 0. The number of methoxy groups -OCH3 is 1. The maximum absolute atomic E-state index is 6.00. The zero-order valence-electron chi connectivity index (χ0n) is 7.66. The van der Waals surface area contributed by atoms with Crippen molar-refractivity contribution in [2.24, 2.45) is 0 Å². The first-order valence-electron chi connectivity index (χ1n) is 4.20. The molecule has 0 fully saturated rings. The lowest BCUT2D eigenvalue weighted by Crippen LogP contribution is -2.00. The second-order valence-corrected chi connectivity index (χ2v) is 4.07. The Labute approximate surface area is 90.7 Å². The highest BCUT2D eigenvalue weighted by Gasteiger charge is 2.06. The summed E-state index contributed by atoms with van der Waals surface area (Å²) < 4.78 is 4.96. The summed E-state index contributed by atoms with van der Waals surface area (Å²) in [5, 5.41) is 3.42. The van der Waals surface area contributed by atoms with Gasteiger partial charge in [-0.1, -0.05) is 11.6 Å². The van der Waals surface area contributed by atoms with Gasteiger partial charge < -0.3 is 4.74 Å². The SMILES string of the molecule is COCCc1nc(Cl)c2ccsc2n1.